The molecule has 26 heavy (non-hydrogen) atoms. The molecule has 2 aromatic carbocycles. The number of anilines is 2. The van der Waals surface area contributed by atoms with Crippen molar-refractivity contribution in [1.82, 2.24) is 0 Å². The van der Waals surface area contributed by atoms with E-state index in [-0.39, 0.29) is 5.69 Å². The smallest absolute Gasteiger partial charge is 0.352 e. The molecule has 6 heteroatoms. The fourth-order valence-corrected chi connectivity index (χ4v) is 2.44. The van der Waals surface area contributed by atoms with E-state index >= 15 is 4.39 Å². The lowest BCUT2D eigenvalue weighted by Gasteiger charge is -2.24. The standard InChI is InChI=1S/C20H22F4N2/c1-19(2,3)15-6-9-18(17(21)12-15)26-11-10-25(13-26)16-7-4-14(5-8-16)20(22,23)24/h4-9,12H,10-11,13H2,1-3H3/i10D2,11D2,13D2. The third-order valence-corrected chi connectivity index (χ3v) is 3.98. The Morgan fingerprint density at radius 1 is 0.885 bits per heavy atom. The molecule has 140 valence electrons. The van der Waals surface area contributed by atoms with Crippen LogP contribution in [0.15, 0.2) is 42.5 Å². The van der Waals surface area contributed by atoms with E-state index in [0.29, 0.717) is 27.5 Å². The van der Waals surface area contributed by atoms with Gasteiger partial charge in [-0.2, -0.15) is 13.2 Å². The predicted molar refractivity (Wildman–Crippen MR) is 96.1 cm³/mol. The van der Waals surface area contributed by atoms with Gasteiger partial charge in [-0.15, -0.1) is 0 Å². The Bertz CT molecular complexity index is 1020. The highest BCUT2D eigenvalue weighted by atomic mass is 19.4. The van der Waals surface area contributed by atoms with E-state index in [1.807, 2.05) is 20.8 Å². The Hall–Kier alpha value is -2.24. The first kappa shape index (κ1) is 12.2. The molecule has 2 nitrogen and oxygen atoms in total. The Balaban J connectivity index is 2.15. The molecule has 1 fully saturated rings. The molecule has 0 aromatic heterocycles. The summed E-state index contributed by atoms with van der Waals surface area (Å²) in [5.74, 6) is -0.949. The number of benzene rings is 2. The van der Waals surface area contributed by atoms with Crippen molar-refractivity contribution in [2.45, 2.75) is 32.4 Å². The SMILES string of the molecule is [2H]C1([2H])N(c2ccc(C(F)(F)F)cc2)C([2H])([2H])C([2H])([2H])N1c1ccc(C(C)(C)C)cc1F. The average molecular weight is 372 g/mol. The van der Waals surface area contributed by atoms with E-state index in [4.69, 9.17) is 8.22 Å². The molecule has 0 atom stereocenters. The van der Waals surface area contributed by atoms with E-state index in [0.717, 1.165) is 18.2 Å². The fraction of sp³-hybridized carbons (Fsp3) is 0.400. The highest BCUT2D eigenvalue weighted by Crippen LogP contribution is 2.32. The number of hydrogen-bond donors (Lipinski definition) is 0. The number of halogens is 4. The second-order valence-electron chi connectivity index (χ2n) is 6.96. The van der Waals surface area contributed by atoms with Crippen LogP contribution in [0.4, 0.5) is 28.9 Å². The Kier molecular flexibility index (Phi) is 3.04. The van der Waals surface area contributed by atoms with Crippen LogP contribution < -0.4 is 9.80 Å². The Morgan fingerprint density at radius 3 is 2.00 bits per heavy atom. The summed E-state index contributed by atoms with van der Waals surface area (Å²) >= 11 is 0. The molecule has 0 unspecified atom stereocenters. The second kappa shape index (κ2) is 6.49. The third-order valence-electron chi connectivity index (χ3n) is 3.98. The molecule has 0 radical (unpaired) electrons. The van der Waals surface area contributed by atoms with Gasteiger partial charge in [-0.3, -0.25) is 0 Å². The lowest BCUT2D eigenvalue weighted by molar-refractivity contribution is -0.137. The van der Waals surface area contributed by atoms with Crippen LogP contribution in [0, 0.1) is 5.82 Å². The van der Waals surface area contributed by atoms with Crippen molar-refractivity contribution >= 4 is 11.4 Å². The first-order valence-electron chi connectivity index (χ1n) is 10.9. The lowest BCUT2D eigenvalue weighted by atomic mass is 9.87. The second-order valence-corrected chi connectivity index (χ2v) is 6.96. The highest BCUT2D eigenvalue weighted by molar-refractivity contribution is 5.56. The van der Waals surface area contributed by atoms with Crippen LogP contribution in [-0.4, -0.2) is 19.6 Å². The molecule has 0 aliphatic carbocycles. The zero-order chi connectivity index (χ0) is 24.5. The van der Waals surface area contributed by atoms with Crippen molar-refractivity contribution in [1.29, 1.82) is 0 Å². The summed E-state index contributed by atoms with van der Waals surface area (Å²) in [5, 5.41) is 0. The van der Waals surface area contributed by atoms with E-state index in [1.54, 1.807) is 0 Å². The van der Waals surface area contributed by atoms with Gasteiger partial charge < -0.3 is 9.80 Å². The monoisotopic (exact) mass is 372 g/mol. The quantitative estimate of drug-likeness (QED) is 0.649. The average Bonchev–Trinajstić information content (AvgIpc) is 2.71. The van der Waals surface area contributed by atoms with Gasteiger partial charge in [-0.05, 0) is 47.4 Å². The summed E-state index contributed by atoms with van der Waals surface area (Å²) < 4.78 is 104. The maximum absolute atomic E-state index is 15.0. The topological polar surface area (TPSA) is 6.48 Å². The normalized spacial score (nSPS) is 24.9. The molecule has 0 spiro atoms. The molecule has 0 amide bonds. The minimum atomic E-state index is -4.65. The van der Waals surface area contributed by atoms with Gasteiger partial charge in [0.25, 0.3) is 0 Å². The summed E-state index contributed by atoms with van der Waals surface area (Å²) in [6.07, 6.45) is -4.65. The summed E-state index contributed by atoms with van der Waals surface area (Å²) in [6.45, 7) is -3.60. The number of hydrogen-bond acceptors (Lipinski definition) is 2. The first-order valence-corrected chi connectivity index (χ1v) is 7.91. The summed E-state index contributed by atoms with van der Waals surface area (Å²) in [4.78, 5) is 0.733. The van der Waals surface area contributed by atoms with Crippen LogP contribution in [0.3, 0.4) is 0 Å². The molecule has 2 aromatic rings. The van der Waals surface area contributed by atoms with Crippen LogP contribution in [0.25, 0.3) is 0 Å². The number of rotatable bonds is 2. The van der Waals surface area contributed by atoms with E-state index in [1.165, 1.54) is 12.1 Å². The van der Waals surface area contributed by atoms with Gasteiger partial charge in [0.05, 0.1) is 26.1 Å². The summed E-state index contributed by atoms with van der Waals surface area (Å²) in [7, 11) is 0. The van der Waals surface area contributed by atoms with Crippen LogP contribution in [0.1, 0.15) is 40.1 Å². The van der Waals surface area contributed by atoms with Gasteiger partial charge in [0.1, 0.15) is 5.82 Å². The first-order chi connectivity index (χ1) is 14.3. The molecule has 3 rings (SSSR count). The van der Waals surface area contributed by atoms with Gasteiger partial charge in [-0.1, -0.05) is 26.8 Å². The third kappa shape index (κ3) is 3.79. The van der Waals surface area contributed by atoms with Crippen molar-refractivity contribution in [2.75, 3.05) is 29.4 Å². The number of nitrogens with zero attached hydrogens (tertiary/aromatic N) is 2. The minimum absolute atomic E-state index is 0.328. The summed E-state index contributed by atoms with van der Waals surface area (Å²) in [6, 6.07) is 6.84. The van der Waals surface area contributed by atoms with Crippen molar-refractivity contribution in [3.8, 4) is 0 Å². The minimum Gasteiger partial charge on any atom is -0.352 e. The van der Waals surface area contributed by atoms with Gasteiger partial charge >= 0.3 is 6.18 Å². The Morgan fingerprint density at radius 2 is 1.46 bits per heavy atom. The van der Waals surface area contributed by atoms with Crippen LogP contribution >= 0.6 is 0 Å². The molecule has 1 saturated heterocycles. The van der Waals surface area contributed by atoms with Gasteiger partial charge in [0.15, 0.2) is 0 Å². The largest absolute Gasteiger partial charge is 0.416 e. The fourth-order valence-electron chi connectivity index (χ4n) is 2.44. The molecule has 0 bridgehead atoms. The highest BCUT2D eigenvalue weighted by Gasteiger charge is 2.30. The Labute approximate surface area is 159 Å². The number of alkyl halides is 3. The maximum Gasteiger partial charge on any atom is 0.416 e. The van der Waals surface area contributed by atoms with Crippen molar-refractivity contribution in [3.05, 3.63) is 59.4 Å². The van der Waals surface area contributed by atoms with Gasteiger partial charge in [-0.25, -0.2) is 4.39 Å². The van der Waals surface area contributed by atoms with Gasteiger partial charge in [0.2, 0.25) is 0 Å². The van der Waals surface area contributed by atoms with Gasteiger partial charge in [0, 0.05) is 18.7 Å². The summed E-state index contributed by atoms with van der Waals surface area (Å²) in [5.41, 5.74) is -1.73. The van der Waals surface area contributed by atoms with Crippen LogP contribution in [0.5, 0.6) is 0 Å². The molecule has 1 aliphatic rings. The zero-order valence-corrected chi connectivity index (χ0v) is 14.4. The van der Waals surface area contributed by atoms with E-state index in [2.05, 4.69) is 0 Å². The van der Waals surface area contributed by atoms with Crippen LogP contribution in [-0.2, 0) is 11.6 Å². The molecule has 1 heterocycles. The molecular formula is C20H22F4N2. The molecule has 0 N–H and O–H groups in total. The molecule has 1 aliphatic heterocycles. The lowest BCUT2D eigenvalue weighted by Crippen LogP contribution is -2.26. The van der Waals surface area contributed by atoms with Crippen LogP contribution in [0.2, 0.25) is 0 Å². The van der Waals surface area contributed by atoms with Crippen molar-refractivity contribution < 1.29 is 25.8 Å². The maximum atomic E-state index is 15.0. The van der Waals surface area contributed by atoms with E-state index < -0.39 is 48.3 Å². The predicted octanol–water partition coefficient (Wildman–Crippen LogP) is 5.43. The van der Waals surface area contributed by atoms with Crippen molar-refractivity contribution in [3.63, 3.8) is 0 Å². The molecule has 0 saturated carbocycles. The van der Waals surface area contributed by atoms with Crippen molar-refractivity contribution in [2.24, 2.45) is 0 Å². The van der Waals surface area contributed by atoms with E-state index in [9.17, 15) is 13.2 Å². The molecular weight excluding hydrogens is 344 g/mol. The zero-order valence-electron chi connectivity index (χ0n) is 20.4.